The van der Waals surface area contributed by atoms with Crippen LogP contribution in [-0.4, -0.2) is 54.7 Å². The van der Waals surface area contributed by atoms with Gasteiger partial charge in [-0.25, -0.2) is 0 Å². The fraction of sp³-hybridized carbons (Fsp3) is 0.684. The second-order valence-electron chi connectivity index (χ2n) is 7.38. The second-order valence-corrected chi connectivity index (χ2v) is 7.38. The molecule has 8 heteroatoms. The van der Waals surface area contributed by atoms with Crippen LogP contribution < -0.4 is 10.1 Å². The van der Waals surface area contributed by atoms with Gasteiger partial charge in [-0.2, -0.15) is 0 Å². The first kappa shape index (κ1) is 22.3. The molecule has 1 heterocycles. The third kappa shape index (κ3) is 6.24. The van der Waals surface area contributed by atoms with E-state index < -0.39 is 12.0 Å². The van der Waals surface area contributed by atoms with Crippen LogP contribution in [0, 0.1) is 0 Å². The number of piperazine rings is 1. The highest BCUT2D eigenvalue weighted by atomic mass is 35.5. The van der Waals surface area contributed by atoms with Gasteiger partial charge < -0.3 is 20.1 Å². The van der Waals surface area contributed by atoms with Gasteiger partial charge in [0.15, 0.2) is 0 Å². The van der Waals surface area contributed by atoms with Crippen LogP contribution in [0.1, 0.15) is 43.6 Å². The summed E-state index contributed by atoms with van der Waals surface area (Å²) >= 11 is 0. The second kappa shape index (κ2) is 9.45. The monoisotopic (exact) mass is 408 g/mol. The fourth-order valence-electron chi connectivity index (χ4n) is 4.15. The average molecular weight is 409 g/mol. The average Bonchev–Trinajstić information content (AvgIpc) is 2.61. The Labute approximate surface area is 164 Å². The highest BCUT2D eigenvalue weighted by molar-refractivity contribution is 5.85. The third-order valence-corrected chi connectivity index (χ3v) is 5.53. The Morgan fingerprint density at radius 3 is 2.22 bits per heavy atom. The molecule has 1 aromatic rings. The lowest BCUT2D eigenvalue weighted by Crippen LogP contribution is -2.49. The molecule has 2 aliphatic rings. The highest BCUT2D eigenvalue weighted by Crippen LogP contribution is 2.41. The normalized spacial score (nSPS) is 21.9. The van der Waals surface area contributed by atoms with E-state index in [1.165, 1.54) is 12.1 Å². The van der Waals surface area contributed by atoms with Crippen LogP contribution in [0.2, 0.25) is 0 Å². The lowest BCUT2D eigenvalue weighted by molar-refractivity contribution is -0.274. The molecule has 0 aromatic heterocycles. The Morgan fingerprint density at radius 1 is 1.07 bits per heavy atom. The van der Waals surface area contributed by atoms with Crippen molar-refractivity contribution in [2.45, 2.75) is 50.0 Å². The number of rotatable bonds is 5. The zero-order valence-electron chi connectivity index (χ0n) is 15.3. The molecule has 27 heavy (non-hydrogen) atoms. The molecule has 0 bridgehead atoms. The predicted octanol–water partition coefficient (Wildman–Crippen LogP) is 3.69. The van der Waals surface area contributed by atoms with Crippen LogP contribution in [0.15, 0.2) is 24.3 Å². The third-order valence-electron chi connectivity index (χ3n) is 5.53. The molecule has 1 aromatic carbocycles. The molecule has 2 fully saturated rings. The molecule has 4 nitrogen and oxygen atoms in total. The zero-order valence-corrected chi connectivity index (χ0v) is 16.1. The number of nitrogens with zero attached hydrogens (tertiary/aromatic N) is 1. The summed E-state index contributed by atoms with van der Waals surface area (Å²) < 4.78 is 41.1. The van der Waals surface area contributed by atoms with E-state index in [1.54, 1.807) is 12.1 Å². The molecule has 0 spiro atoms. The number of aliphatic hydroxyl groups is 1. The summed E-state index contributed by atoms with van der Waals surface area (Å²) in [7, 11) is 0. The fourth-order valence-corrected chi connectivity index (χ4v) is 4.15. The van der Waals surface area contributed by atoms with Crippen molar-refractivity contribution < 1.29 is 23.0 Å². The summed E-state index contributed by atoms with van der Waals surface area (Å²) in [6.45, 7) is 4.40. The number of halogens is 4. The predicted molar refractivity (Wildman–Crippen MR) is 100 cm³/mol. The molecule has 1 unspecified atom stereocenters. The van der Waals surface area contributed by atoms with Crippen LogP contribution >= 0.6 is 12.4 Å². The summed E-state index contributed by atoms with van der Waals surface area (Å²) in [4.78, 5) is 2.33. The maximum atomic E-state index is 12.4. The SMILES string of the molecule is Cl.OC1(C(CN2CCNCC2)c2ccc(OC(F)(F)F)cc2)CCCCC1. The van der Waals surface area contributed by atoms with Crippen molar-refractivity contribution >= 4 is 12.4 Å². The Balaban J connectivity index is 0.00000261. The van der Waals surface area contributed by atoms with Crippen LogP contribution in [0.5, 0.6) is 5.75 Å². The Bertz CT molecular complexity index is 571. The Hall–Kier alpha value is -1.02. The quantitative estimate of drug-likeness (QED) is 0.780. The van der Waals surface area contributed by atoms with Gasteiger partial charge in [0.05, 0.1) is 5.60 Å². The largest absolute Gasteiger partial charge is 0.573 e. The molecule has 1 aliphatic carbocycles. The molecule has 1 saturated carbocycles. The molecular weight excluding hydrogens is 381 g/mol. The number of alkyl halides is 3. The number of hydrogen-bond acceptors (Lipinski definition) is 4. The summed E-state index contributed by atoms with van der Waals surface area (Å²) in [5.74, 6) is -0.335. The summed E-state index contributed by atoms with van der Waals surface area (Å²) in [6.07, 6.45) is -0.104. The van der Waals surface area contributed by atoms with E-state index in [4.69, 9.17) is 0 Å². The van der Waals surface area contributed by atoms with E-state index >= 15 is 0 Å². The van der Waals surface area contributed by atoms with Crippen LogP contribution in [-0.2, 0) is 0 Å². The topological polar surface area (TPSA) is 44.7 Å². The van der Waals surface area contributed by atoms with E-state index in [-0.39, 0.29) is 24.1 Å². The molecule has 3 rings (SSSR count). The summed E-state index contributed by atoms with van der Waals surface area (Å²) in [6, 6.07) is 6.03. The molecular formula is C19H28ClF3N2O2. The van der Waals surface area contributed by atoms with Gasteiger partial charge in [0, 0.05) is 38.6 Å². The van der Waals surface area contributed by atoms with Gasteiger partial charge in [0.1, 0.15) is 5.75 Å². The molecule has 0 radical (unpaired) electrons. The smallest absolute Gasteiger partial charge is 0.406 e. The first-order chi connectivity index (χ1) is 12.4. The van der Waals surface area contributed by atoms with Crippen LogP contribution in [0.4, 0.5) is 13.2 Å². The van der Waals surface area contributed by atoms with Crippen LogP contribution in [0.25, 0.3) is 0 Å². The van der Waals surface area contributed by atoms with Crippen molar-refractivity contribution in [3.63, 3.8) is 0 Å². The summed E-state index contributed by atoms with van der Waals surface area (Å²) in [5, 5.41) is 14.6. The molecule has 1 saturated heterocycles. The van der Waals surface area contributed by atoms with E-state index in [2.05, 4.69) is 15.0 Å². The molecule has 1 aliphatic heterocycles. The maximum Gasteiger partial charge on any atom is 0.573 e. The standard InChI is InChI=1S/C19H27F3N2O2.ClH/c20-19(21,22)26-16-6-4-15(5-7-16)17(14-24-12-10-23-11-13-24)18(25)8-2-1-3-9-18;/h4-7,17,23,25H,1-3,8-14H2;1H. The summed E-state index contributed by atoms with van der Waals surface area (Å²) in [5.41, 5.74) is 0.0812. The van der Waals surface area contributed by atoms with Crippen molar-refractivity contribution in [2.75, 3.05) is 32.7 Å². The first-order valence-corrected chi connectivity index (χ1v) is 9.37. The van der Waals surface area contributed by atoms with Gasteiger partial charge in [-0.3, -0.25) is 0 Å². The minimum Gasteiger partial charge on any atom is -0.406 e. The van der Waals surface area contributed by atoms with E-state index in [1.807, 2.05) is 0 Å². The zero-order chi connectivity index (χ0) is 18.6. The maximum absolute atomic E-state index is 12.4. The van der Waals surface area contributed by atoms with Crippen molar-refractivity contribution in [1.29, 1.82) is 0 Å². The first-order valence-electron chi connectivity index (χ1n) is 9.37. The van der Waals surface area contributed by atoms with Crippen molar-refractivity contribution in [2.24, 2.45) is 0 Å². The molecule has 0 amide bonds. The van der Waals surface area contributed by atoms with Gasteiger partial charge in [0.2, 0.25) is 0 Å². The van der Waals surface area contributed by atoms with E-state index in [9.17, 15) is 18.3 Å². The van der Waals surface area contributed by atoms with Gasteiger partial charge in [0.25, 0.3) is 0 Å². The number of ether oxygens (including phenoxy) is 1. The molecule has 1 atom stereocenters. The van der Waals surface area contributed by atoms with Gasteiger partial charge in [-0.15, -0.1) is 25.6 Å². The number of nitrogens with one attached hydrogen (secondary N) is 1. The van der Waals surface area contributed by atoms with Crippen molar-refractivity contribution in [3.05, 3.63) is 29.8 Å². The Morgan fingerprint density at radius 2 is 1.67 bits per heavy atom. The minimum absolute atomic E-state index is 0. The van der Waals surface area contributed by atoms with Gasteiger partial charge in [-0.05, 0) is 30.5 Å². The Kier molecular flexibility index (Phi) is 7.80. The van der Waals surface area contributed by atoms with Gasteiger partial charge >= 0.3 is 6.36 Å². The van der Waals surface area contributed by atoms with Gasteiger partial charge in [-0.1, -0.05) is 31.4 Å². The van der Waals surface area contributed by atoms with Crippen LogP contribution in [0.3, 0.4) is 0 Å². The van der Waals surface area contributed by atoms with Crippen molar-refractivity contribution in [3.8, 4) is 5.75 Å². The number of benzene rings is 1. The van der Waals surface area contributed by atoms with Crippen molar-refractivity contribution in [1.82, 2.24) is 10.2 Å². The van der Waals surface area contributed by atoms with E-state index in [0.29, 0.717) is 0 Å². The molecule has 154 valence electrons. The highest BCUT2D eigenvalue weighted by Gasteiger charge is 2.40. The van der Waals surface area contributed by atoms with E-state index in [0.717, 1.165) is 70.4 Å². The lowest BCUT2D eigenvalue weighted by atomic mass is 9.72. The molecule has 2 N–H and O–H groups in total. The lowest BCUT2D eigenvalue weighted by Gasteiger charge is -2.42. The minimum atomic E-state index is -4.69. The number of hydrogen-bond donors (Lipinski definition) is 2.